The highest BCUT2D eigenvalue weighted by Crippen LogP contribution is 2.21. The maximum atomic E-state index is 5.07. The van der Waals surface area contributed by atoms with Crippen molar-refractivity contribution >= 4 is 0 Å². The normalized spacial score (nSPS) is 9.88. The summed E-state index contributed by atoms with van der Waals surface area (Å²) in [6, 6.07) is 18.0. The Bertz CT molecular complexity index is 460. The Labute approximate surface area is 101 Å². The fourth-order valence-electron chi connectivity index (χ4n) is 1.48. The topological polar surface area (TPSA) is 18.5 Å². The predicted octanol–water partition coefficient (Wildman–Crippen LogP) is 3.85. The summed E-state index contributed by atoms with van der Waals surface area (Å²) in [4.78, 5) is 9.96. The van der Waals surface area contributed by atoms with Crippen molar-refractivity contribution in [2.45, 2.75) is 0 Å². The zero-order valence-electron chi connectivity index (χ0n) is 9.50. The second-order valence-corrected chi connectivity index (χ2v) is 3.55. The summed E-state index contributed by atoms with van der Waals surface area (Å²) in [6.07, 6.45) is 1.64. The van der Waals surface area contributed by atoms with Crippen molar-refractivity contribution in [1.82, 2.24) is 0 Å². The third kappa shape index (κ3) is 3.20. The smallest absolute Gasteiger partial charge is 0.165 e. The molecule has 0 N–H and O–H groups in total. The van der Waals surface area contributed by atoms with E-state index in [0.29, 0.717) is 12.4 Å². The van der Waals surface area contributed by atoms with Gasteiger partial charge >= 0.3 is 0 Å². The Kier molecular flexibility index (Phi) is 3.95. The Balaban J connectivity index is 2.05. The molecule has 0 radical (unpaired) electrons. The van der Waals surface area contributed by atoms with Crippen molar-refractivity contribution < 1.29 is 9.78 Å². The summed E-state index contributed by atoms with van der Waals surface area (Å²) in [6.45, 7) is 3.92. The molecule has 0 saturated heterocycles. The van der Waals surface area contributed by atoms with Gasteiger partial charge in [-0.1, -0.05) is 48.5 Å². The van der Waals surface area contributed by atoms with Gasteiger partial charge < -0.3 is 4.89 Å². The van der Waals surface area contributed by atoms with Crippen LogP contribution in [0, 0.1) is 0 Å². The molecule has 2 nitrogen and oxygen atoms in total. The molecule has 86 valence electrons. The quantitative estimate of drug-likeness (QED) is 0.333. The first kappa shape index (κ1) is 11.4. The maximum absolute atomic E-state index is 5.07. The van der Waals surface area contributed by atoms with Crippen molar-refractivity contribution in [2.24, 2.45) is 0 Å². The lowest BCUT2D eigenvalue weighted by Crippen LogP contribution is -1.96. The van der Waals surface area contributed by atoms with Crippen LogP contribution in [0.15, 0.2) is 67.3 Å². The first-order valence-corrected chi connectivity index (χ1v) is 5.46. The Hall–Kier alpha value is -2.06. The average Bonchev–Trinajstić information content (AvgIpc) is 2.41. The molecule has 0 aliphatic heterocycles. The van der Waals surface area contributed by atoms with Gasteiger partial charge in [-0.15, -0.1) is 6.58 Å². The van der Waals surface area contributed by atoms with Crippen LogP contribution in [0.2, 0.25) is 0 Å². The molecule has 0 aromatic heterocycles. The number of hydrogen-bond acceptors (Lipinski definition) is 2. The van der Waals surface area contributed by atoms with E-state index in [9.17, 15) is 0 Å². The van der Waals surface area contributed by atoms with Gasteiger partial charge in [-0.2, -0.15) is 4.89 Å². The number of rotatable bonds is 5. The molecule has 2 rings (SSSR count). The van der Waals surface area contributed by atoms with E-state index in [0.717, 1.165) is 5.56 Å². The largest absolute Gasteiger partial charge is 0.337 e. The van der Waals surface area contributed by atoms with Gasteiger partial charge in [-0.3, -0.25) is 0 Å². The molecule has 0 heterocycles. The molecule has 0 aliphatic carbocycles. The van der Waals surface area contributed by atoms with E-state index >= 15 is 0 Å². The van der Waals surface area contributed by atoms with Gasteiger partial charge in [0.25, 0.3) is 0 Å². The zero-order valence-corrected chi connectivity index (χ0v) is 9.50. The zero-order chi connectivity index (χ0) is 11.9. The minimum Gasteiger partial charge on any atom is -0.337 e. The average molecular weight is 226 g/mol. The fraction of sp³-hybridized carbons (Fsp3) is 0.0667. The lowest BCUT2D eigenvalue weighted by molar-refractivity contribution is -0.195. The Morgan fingerprint density at radius 1 is 0.882 bits per heavy atom. The molecule has 0 atom stereocenters. The van der Waals surface area contributed by atoms with E-state index in [1.54, 1.807) is 6.08 Å². The first-order chi connectivity index (χ1) is 8.40. The third-order valence-corrected chi connectivity index (χ3v) is 2.30. The van der Waals surface area contributed by atoms with Crippen molar-refractivity contribution in [3.63, 3.8) is 0 Å². The second-order valence-electron chi connectivity index (χ2n) is 3.55. The van der Waals surface area contributed by atoms with Gasteiger partial charge in [0.2, 0.25) is 0 Å². The molecule has 0 fully saturated rings. The van der Waals surface area contributed by atoms with E-state index in [4.69, 9.17) is 9.78 Å². The Morgan fingerprint density at radius 2 is 1.53 bits per heavy atom. The van der Waals surface area contributed by atoms with Crippen LogP contribution in [0.1, 0.15) is 0 Å². The highest BCUT2D eigenvalue weighted by molar-refractivity contribution is 5.63. The molecule has 0 amide bonds. The highest BCUT2D eigenvalue weighted by Gasteiger charge is 1.98. The molecule has 0 bridgehead atoms. The molecule has 0 saturated carbocycles. The molecule has 2 heteroatoms. The lowest BCUT2D eigenvalue weighted by atomic mass is 10.1. The second kappa shape index (κ2) is 5.87. The van der Waals surface area contributed by atoms with Crippen LogP contribution in [-0.2, 0) is 4.89 Å². The van der Waals surface area contributed by atoms with Crippen LogP contribution >= 0.6 is 0 Å². The first-order valence-electron chi connectivity index (χ1n) is 5.46. The molecule has 0 spiro atoms. The summed E-state index contributed by atoms with van der Waals surface area (Å²) < 4.78 is 0. The fourth-order valence-corrected chi connectivity index (χ4v) is 1.48. The van der Waals surface area contributed by atoms with Crippen LogP contribution in [-0.4, -0.2) is 6.61 Å². The lowest BCUT2D eigenvalue weighted by Gasteiger charge is -2.04. The molecular formula is C15H14O2. The monoisotopic (exact) mass is 226 g/mol. The van der Waals surface area contributed by atoms with E-state index in [1.807, 2.05) is 42.5 Å². The SMILES string of the molecule is C=CCOOc1ccc(-c2ccccc2)cc1. The van der Waals surface area contributed by atoms with Crippen molar-refractivity contribution in [3.05, 3.63) is 67.3 Å². The highest BCUT2D eigenvalue weighted by atomic mass is 17.2. The minimum absolute atomic E-state index is 0.375. The molecule has 2 aromatic carbocycles. The molecule has 0 aliphatic rings. The molecule has 17 heavy (non-hydrogen) atoms. The summed E-state index contributed by atoms with van der Waals surface area (Å²) in [5.41, 5.74) is 2.34. The standard InChI is InChI=1S/C15H14O2/c1-2-12-16-17-15-10-8-14(9-11-15)13-6-4-3-5-7-13/h2-11H,1,12H2. The Morgan fingerprint density at radius 3 is 2.18 bits per heavy atom. The van der Waals surface area contributed by atoms with Gasteiger partial charge in [-0.05, 0) is 23.3 Å². The van der Waals surface area contributed by atoms with Crippen LogP contribution in [0.25, 0.3) is 11.1 Å². The van der Waals surface area contributed by atoms with E-state index in [2.05, 4.69) is 18.7 Å². The van der Waals surface area contributed by atoms with Crippen molar-refractivity contribution in [3.8, 4) is 16.9 Å². The predicted molar refractivity (Wildman–Crippen MR) is 68.7 cm³/mol. The molecular weight excluding hydrogens is 212 g/mol. The summed E-state index contributed by atoms with van der Waals surface area (Å²) in [7, 11) is 0. The van der Waals surface area contributed by atoms with Gasteiger partial charge in [-0.25, -0.2) is 0 Å². The van der Waals surface area contributed by atoms with Gasteiger partial charge in [0.15, 0.2) is 5.75 Å². The summed E-state index contributed by atoms with van der Waals surface area (Å²) in [5, 5.41) is 0. The van der Waals surface area contributed by atoms with E-state index in [1.165, 1.54) is 5.56 Å². The van der Waals surface area contributed by atoms with Crippen molar-refractivity contribution in [2.75, 3.05) is 6.61 Å². The van der Waals surface area contributed by atoms with Crippen LogP contribution < -0.4 is 4.89 Å². The van der Waals surface area contributed by atoms with Gasteiger partial charge in [0, 0.05) is 0 Å². The molecule has 0 unspecified atom stereocenters. The van der Waals surface area contributed by atoms with E-state index < -0.39 is 0 Å². The number of hydrogen-bond donors (Lipinski definition) is 0. The third-order valence-electron chi connectivity index (χ3n) is 2.30. The van der Waals surface area contributed by atoms with Crippen LogP contribution in [0.4, 0.5) is 0 Å². The summed E-state index contributed by atoms with van der Waals surface area (Å²) in [5.74, 6) is 0.687. The minimum atomic E-state index is 0.375. The van der Waals surface area contributed by atoms with Gasteiger partial charge in [0.05, 0.1) is 0 Å². The molecule has 2 aromatic rings. The summed E-state index contributed by atoms with van der Waals surface area (Å²) >= 11 is 0. The van der Waals surface area contributed by atoms with Crippen molar-refractivity contribution in [1.29, 1.82) is 0 Å². The van der Waals surface area contributed by atoms with Crippen LogP contribution in [0.5, 0.6) is 5.75 Å². The number of benzene rings is 2. The van der Waals surface area contributed by atoms with E-state index in [-0.39, 0.29) is 0 Å². The van der Waals surface area contributed by atoms with Gasteiger partial charge in [0.1, 0.15) is 6.61 Å². The maximum Gasteiger partial charge on any atom is 0.165 e. The van der Waals surface area contributed by atoms with Crippen LogP contribution in [0.3, 0.4) is 0 Å².